The number of rotatable bonds is 3. The molecule has 0 unspecified atom stereocenters. The Morgan fingerprint density at radius 3 is 2.45 bits per heavy atom. The Bertz CT molecular complexity index is 565. The predicted octanol–water partition coefficient (Wildman–Crippen LogP) is 2.92. The van der Waals surface area contributed by atoms with Gasteiger partial charge in [0, 0.05) is 31.6 Å². The van der Waals surface area contributed by atoms with Gasteiger partial charge < -0.3 is 5.73 Å². The largest absolute Gasteiger partial charge is 0.326 e. The minimum atomic E-state index is 0.236. The maximum atomic E-state index is 6.38. The Morgan fingerprint density at radius 2 is 1.70 bits per heavy atom. The molecule has 0 radical (unpaired) electrons. The van der Waals surface area contributed by atoms with Gasteiger partial charge >= 0.3 is 0 Å². The molecule has 3 rings (SSSR count). The summed E-state index contributed by atoms with van der Waals surface area (Å²) in [5.74, 6) is 0.458. The van der Waals surface area contributed by atoms with Crippen LogP contribution >= 0.6 is 0 Å². The maximum absolute atomic E-state index is 6.38. The first-order valence-electron chi connectivity index (χ1n) is 7.31. The van der Waals surface area contributed by atoms with Gasteiger partial charge in [-0.15, -0.1) is 0 Å². The lowest BCUT2D eigenvalue weighted by Crippen LogP contribution is -2.28. The predicted molar refractivity (Wildman–Crippen MR) is 83.6 cm³/mol. The number of likely N-dealkylation sites (tertiary alicyclic amines) is 1. The zero-order valence-electron chi connectivity index (χ0n) is 12.0. The zero-order valence-corrected chi connectivity index (χ0v) is 12.0. The van der Waals surface area contributed by atoms with E-state index in [2.05, 4.69) is 66.4 Å². The first kappa shape index (κ1) is 13.3. The van der Waals surface area contributed by atoms with Crippen LogP contribution in [0.2, 0.25) is 0 Å². The quantitative estimate of drug-likeness (QED) is 0.925. The van der Waals surface area contributed by atoms with Crippen molar-refractivity contribution in [3.05, 3.63) is 71.3 Å². The molecule has 1 heterocycles. The summed E-state index contributed by atoms with van der Waals surface area (Å²) in [6.45, 7) is 5.22. The molecule has 0 aromatic heterocycles. The Kier molecular flexibility index (Phi) is 3.86. The smallest absolute Gasteiger partial charge is 0.0250 e. The van der Waals surface area contributed by atoms with Gasteiger partial charge in [0.2, 0.25) is 0 Å². The lowest BCUT2D eigenvalue weighted by atomic mass is 9.91. The summed E-state index contributed by atoms with van der Waals surface area (Å²) < 4.78 is 0. The summed E-state index contributed by atoms with van der Waals surface area (Å²) in [5.41, 5.74) is 10.5. The second-order valence-corrected chi connectivity index (χ2v) is 5.81. The van der Waals surface area contributed by atoms with Crippen LogP contribution in [0.15, 0.2) is 54.6 Å². The van der Waals surface area contributed by atoms with Crippen LogP contribution in [-0.4, -0.2) is 24.0 Å². The van der Waals surface area contributed by atoms with E-state index in [1.807, 2.05) is 0 Å². The first-order chi connectivity index (χ1) is 9.74. The van der Waals surface area contributed by atoms with Crippen molar-refractivity contribution in [2.75, 3.05) is 13.1 Å². The van der Waals surface area contributed by atoms with Gasteiger partial charge in [0.1, 0.15) is 0 Å². The summed E-state index contributed by atoms with van der Waals surface area (Å²) >= 11 is 0. The lowest BCUT2D eigenvalue weighted by Gasteiger charge is -2.17. The van der Waals surface area contributed by atoms with E-state index >= 15 is 0 Å². The van der Waals surface area contributed by atoms with Gasteiger partial charge in [-0.1, -0.05) is 54.6 Å². The third kappa shape index (κ3) is 2.77. The summed E-state index contributed by atoms with van der Waals surface area (Å²) in [6.07, 6.45) is 0. The minimum absolute atomic E-state index is 0.236. The van der Waals surface area contributed by atoms with E-state index in [4.69, 9.17) is 5.73 Å². The van der Waals surface area contributed by atoms with Crippen molar-refractivity contribution >= 4 is 0 Å². The Hall–Kier alpha value is -1.64. The molecule has 20 heavy (non-hydrogen) atoms. The molecule has 0 saturated carbocycles. The van der Waals surface area contributed by atoms with Gasteiger partial charge in [0.25, 0.3) is 0 Å². The molecule has 0 aliphatic carbocycles. The van der Waals surface area contributed by atoms with Crippen LogP contribution in [0.1, 0.15) is 22.6 Å². The molecule has 2 aromatic rings. The zero-order chi connectivity index (χ0) is 13.9. The maximum Gasteiger partial charge on any atom is 0.0250 e. The van der Waals surface area contributed by atoms with Crippen molar-refractivity contribution in [3.63, 3.8) is 0 Å². The van der Waals surface area contributed by atoms with Gasteiger partial charge in [-0.25, -0.2) is 0 Å². The van der Waals surface area contributed by atoms with E-state index < -0.39 is 0 Å². The van der Waals surface area contributed by atoms with Crippen LogP contribution in [0, 0.1) is 6.92 Å². The number of aryl methyl sites for hydroxylation is 1. The van der Waals surface area contributed by atoms with Crippen LogP contribution in [0.25, 0.3) is 0 Å². The van der Waals surface area contributed by atoms with E-state index in [1.165, 1.54) is 16.7 Å². The topological polar surface area (TPSA) is 29.3 Å². The van der Waals surface area contributed by atoms with E-state index in [-0.39, 0.29) is 6.04 Å². The monoisotopic (exact) mass is 266 g/mol. The summed E-state index contributed by atoms with van der Waals surface area (Å²) in [6, 6.07) is 19.5. The number of hydrogen-bond acceptors (Lipinski definition) is 2. The Balaban J connectivity index is 1.73. The molecular formula is C18H22N2. The second-order valence-electron chi connectivity index (χ2n) is 5.81. The highest BCUT2D eigenvalue weighted by atomic mass is 15.2. The van der Waals surface area contributed by atoms with Crippen molar-refractivity contribution < 1.29 is 0 Å². The Morgan fingerprint density at radius 1 is 1.00 bits per heavy atom. The Labute approximate surface area is 121 Å². The highest BCUT2D eigenvalue weighted by Gasteiger charge is 2.31. The van der Waals surface area contributed by atoms with Crippen LogP contribution in [0.3, 0.4) is 0 Å². The molecule has 2 atom stereocenters. The lowest BCUT2D eigenvalue weighted by molar-refractivity contribution is 0.324. The van der Waals surface area contributed by atoms with E-state index in [0.29, 0.717) is 5.92 Å². The third-order valence-corrected chi connectivity index (χ3v) is 4.28. The van der Waals surface area contributed by atoms with Crippen molar-refractivity contribution in [1.29, 1.82) is 0 Å². The van der Waals surface area contributed by atoms with Crippen molar-refractivity contribution in [2.24, 2.45) is 5.73 Å². The molecule has 1 aliphatic rings. The molecule has 0 amide bonds. The average Bonchev–Trinajstić information content (AvgIpc) is 2.81. The van der Waals surface area contributed by atoms with Gasteiger partial charge in [-0.3, -0.25) is 4.90 Å². The van der Waals surface area contributed by atoms with Crippen molar-refractivity contribution in [2.45, 2.75) is 25.4 Å². The molecular weight excluding hydrogens is 244 g/mol. The van der Waals surface area contributed by atoms with Crippen LogP contribution in [0.5, 0.6) is 0 Å². The third-order valence-electron chi connectivity index (χ3n) is 4.28. The van der Waals surface area contributed by atoms with Gasteiger partial charge in [0.15, 0.2) is 0 Å². The standard InChI is InChI=1S/C18H22N2/c1-14-7-5-6-10-16(14)17-12-20(13-18(17)19)11-15-8-3-2-4-9-15/h2-10,17-18H,11-13,19H2,1H3/t17-,18+/m0/s1. The van der Waals surface area contributed by atoms with Crippen LogP contribution in [0.4, 0.5) is 0 Å². The molecule has 1 saturated heterocycles. The molecule has 2 N–H and O–H groups in total. The van der Waals surface area contributed by atoms with Gasteiger partial charge in [0.05, 0.1) is 0 Å². The molecule has 2 nitrogen and oxygen atoms in total. The van der Waals surface area contributed by atoms with E-state index in [0.717, 1.165) is 19.6 Å². The molecule has 2 heteroatoms. The summed E-state index contributed by atoms with van der Waals surface area (Å²) in [4.78, 5) is 2.47. The minimum Gasteiger partial charge on any atom is -0.326 e. The van der Waals surface area contributed by atoms with E-state index in [9.17, 15) is 0 Å². The van der Waals surface area contributed by atoms with Crippen LogP contribution in [-0.2, 0) is 6.54 Å². The van der Waals surface area contributed by atoms with Crippen molar-refractivity contribution in [3.8, 4) is 0 Å². The SMILES string of the molecule is Cc1ccccc1[C@@H]1CN(Cc2ccccc2)C[C@H]1N. The van der Waals surface area contributed by atoms with Gasteiger partial charge in [-0.05, 0) is 23.6 Å². The molecule has 104 valence electrons. The number of benzene rings is 2. The van der Waals surface area contributed by atoms with Crippen LogP contribution < -0.4 is 5.73 Å². The summed E-state index contributed by atoms with van der Waals surface area (Å²) in [5, 5.41) is 0. The van der Waals surface area contributed by atoms with Crippen molar-refractivity contribution in [1.82, 2.24) is 4.90 Å². The fourth-order valence-electron chi connectivity index (χ4n) is 3.22. The fourth-order valence-corrected chi connectivity index (χ4v) is 3.22. The molecule has 0 bridgehead atoms. The molecule has 2 aromatic carbocycles. The van der Waals surface area contributed by atoms with E-state index in [1.54, 1.807) is 0 Å². The van der Waals surface area contributed by atoms with Gasteiger partial charge in [-0.2, -0.15) is 0 Å². The highest BCUT2D eigenvalue weighted by molar-refractivity contribution is 5.32. The average molecular weight is 266 g/mol. The fraction of sp³-hybridized carbons (Fsp3) is 0.333. The normalized spacial score (nSPS) is 23.1. The number of nitrogens with zero attached hydrogens (tertiary/aromatic N) is 1. The molecule has 1 fully saturated rings. The second kappa shape index (κ2) is 5.78. The first-order valence-corrected chi connectivity index (χ1v) is 7.31. The highest BCUT2D eigenvalue weighted by Crippen LogP contribution is 2.29. The number of nitrogens with two attached hydrogens (primary N) is 1. The molecule has 1 aliphatic heterocycles. The summed E-state index contributed by atoms with van der Waals surface area (Å²) in [7, 11) is 0. The molecule has 0 spiro atoms. The number of hydrogen-bond donors (Lipinski definition) is 1.